The van der Waals surface area contributed by atoms with Crippen molar-refractivity contribution in [2.75, 3.05) is 5.75 Å². The molecule has 0 saturated heterocycles. The molecule has 0 unspecified atom stereocenters. The fraction of sp³-hybridized carbons (Fsp3) is 0.318. The van der Waals surface area contributed by atoms with Gasteiger partial charge in [-0.1, -0.05) is 65.8 Å². The lowest BCUT2D eigenvalue weighted by molar-refractivity contribution is -0.130. The minimum atomic E-state index is 0.0655. The van der Waals surface area contributed by atoms with E-state index in [1.807, 2.05) is 72.8 Å². The van der Waals surface area contributed by atoms with Gasteiger partial charge < -0.3 is 14.2 Å². The number of amides is 1. The molecular weight excluding hydrogens is 420 g/mol. The predicted octanol–water partition coefficient (Wildman–Crippen LogP) is 4.58. The molecule has 3 rings (SSSR count). The molecule has 0 aliphatic heterocycles. The van der Waals surface area contributed by atoms with Crippen molar-refractivity contribution in [2.24, 2.45) is 7.05 Å². The molecule has 158 valence electrons. The van der Waals surface area contributed by atoms with E-state index in [9.17, 15) is 4.79 Å². The molecule has 6 nitrogen and oxygen atoms in total. The Morgan fingerprint density at radius 3 is 2.53 bits per heavy atom. The first-order valence-corrected chi connectivity index (χ1v) is 11.0. The van der Waals surface area contributed by atoms with E-state index >= 15 is 0 Å². The van der Waals surface area contributed by atoms with Crippen LogP contribution in [0, 0.1) is 0 Å². The van der Waals surface area contributed by atoms with Crippen LogP contribution in [0.25, 0.3) is 0 Å². The number of para-hydroxylation sites is 1. The van der Waals surface area contributed by atoms with Gasteiger partial charge in [-0.25, -0.2) is 0 Å². The SMILES string of the molecule is CC(C)N(Cc1ccccc1)C(=O)CSc1nnc(COc2ccccc2Cl)n1C. The highest BCUT2D eigenvalue weighted by molar-refractivity contribution is 7.99. The van der Waals surface area contributed by atoms with Gasteiger partial charge in [0.1, 0.15) is 12.4 Å². The van der Waals surface area contributed by atoms with Crippen molar-refractivity contribution in [3.63, 3.8) is 0 Å². The first-order valence-electron chi connectivity index (χ1n) is 9.67. The lowest BCUT2D eigenvalue weighted by Crippen LogP contribution is -2.37. The van der Waals surface area contributed by atoms with Crippen molar-refractivity contribution < 1.29 is 9.53 Å². The van der Waals surface area contributed by atoms with E-state index in [0.29, 0.717) is 34.1 Å². The molecule has 0 bridgehead atoms. The van der Waals surface area contributed by atoms with Gasteiger partial charge in [0, 0.05) is 19.6 Å². The Morgan fingerprint density at radius 1 is 1.13 bits per heavy atom. The second-order valence-electron chi connectivity index (χ2n) is 7.07. The number of aromatic nitrogens is 3. The smallest absolute Gasteiger partial charge is 0.233 e. The highest BCUT2D eigenvalue weighted by Gasteiger charge is 2.19. The monoisotopic (exact) mass is 444 g/mol. The van der Waals surface area contributed by atoms with Crippen LogP contribution >= 0.6 is 23.4 Å². The van der Waals surface area contributed by atoms with E-state index in [1.54, 1.807) is 12.1 Å². The molecule has 0 spiro atoms. The molecule has 0 saturated carbocycles. The van der Waals surface area contributed by atoms with Crippen LogP contribution in [-0.2, 0) is 25.0 Å². The molecule has 3 aromatic rings. The van der Waals surface area contributed by atoms with Gasteiger partial charge in [0.05, 0.1) is 10.8 Å². The number of nitrogens with zero attached hydrogens (tertiary/aromatic N) is 4. The van der Waals surface area contributed by atoms with E-state index < -0.39 is 0 Å². The lowest BCUT2D eigenvalue weighted by atomic mass is 10.2. The average molecular weight is 445 g/mol. The first-order chi connectivity index (χ1) is 14.5. The van der Waals surface area contributed by atoms with Crippen molar-refractivity contribution in [3.05, 3.63) is 71.0 Å². The summed E-state index contributed by atoms with van der Waals surface area (Å²) in [5.41, 5.74) is 1.11. The molecule has 0 atom stereocenters. The summed E-state index contributed by atoms with van der Waals surface area (Å²) in [6.45, 7) is 4.89. The number of thioether (sulfide) groups is 1. The molecule has 1 amide bonds. The quantitative estimate of drug-likeness (QED) is 0.452. The van der Waals surface area contributed by atoms with E-state index in [0.717, 1.165) is 5.56 Å². The third kappa shape index (κ3) is 5.77. The molecule has 0 aliphatic carbocycles. The lowest BCUT2D eigenvalue weighted by Gasteiger charge is -2.26. The van der Waals surface area contributed by atoms with Crippen LogP contribution in [0.3, 0.4) is 0 Å². The first kappa shape index (κ1) is 22.2. The molecule has 2 aromatic carbocycles. The van der Waals surface area contributed by atoms with Crippen LogP contribution in [0.15, 0.2) is 59.8 Å². The maximum absolute atomic E-state index is 12.8. The Labute approximate surface area is 186 Å². The Hall–Kier alpha value is -2.51. The number of hydrogen-bond acceptors (Lipinski definition) is 5. The van der Waals surface area contributed by atoms with Crippen molar-refractivity contribution in [1.82, 2.24) is 19.7 Å². The van der Waals surface area contributed by atoms with Gasteiger partial charge >= 0.3 is 0 Å². The maximum Gasteiger partial charge on any atom is 0.233 e. The van der Waals surface area contributed by atoms with Crippen LogP contribution in [0.5, 0.6) is 5.75 Å². The number of benzene rings is 2. The number of halogens is 1. The third-order valence-electron chi connectivity index (χ3n) is 4.58. The highest BCUT2D eigenvalue weighted by atomic mass is 35.5. The van der Waals surface area contributed by atoms with Gasteiger partial charge in [0.25, 0.3) is 0 Å². The van der Waals surface area contributed by atoms with Crippen molar-refractivity contribution in [3.8, 4) is 5.75 Å². The fourth-order valence-corrected chi connectivity index (χ4v) is 3.85. The maximum atomic E-state index is 12.8. The summed E-state index contributed by atoms with van der Waals surface area (Å²) in [4.78, 5) is 14.7. The average Bonchev–Trinajstić information content (AvgIpc) is 3.09. The minimum absolute atomic E-state index is 0.0655. The largest absolute Gasteiger partial charge is 0.484 e. The molecule has 0 radical (unpaired) electrons. The fourth-order valence-electron chi connectivity index (χ4n) is 2.85. The van der Waals surface area contributed by atoms with Gasteiger partial charge in [-0.05, 0) is 31.5 Å². The molecule has 30 heavy (non-hydrogen) atoms. The van der Waals surface area contributed by atoms with Gasteiger partial charge in [0.15, 0.2) is 11.0 Å². The topological polar surface area (TPSA) is 60.3 Å². The van der Waals surface area contributed by atoms with Crippen LogP contribution in [0.2, 0.25) is 5.02 Å². The molecule has 1 heterocycles. The van der Waals surface area contributed by atoms with Crippen LogP contribution in [0.4, 0.5) is 0 Å². The van der Waals surface area contributed by atoms with Gasteiger partial charge in [0.2, 0.25) is 5.91 Å². The van der Waals surface area contributed by atoms with E-state index in [2.05, 4.69) is 10.2 Å². The summed E-state index contributed by atoms with van der Waals surface area (Å²) in [5.74, 6) is 1.62. The van der Waals surface area contributed by atoms with Gasteiger partial charge in [-0.3, -0.25) is 4.79 Å². The normalized spacial score (nSPS) is 11.0. The highest BCUT2D eigenvalue weighted by Crippen LogP contribution is 2.24. The number of rotatable bonds is 9. The summed E-state index contributed by atoms with van der Waals surface area (Å²) in [6.07, 6.45) is 0. The number of ether oxygens (including phenoxy) is 1. The third-order valence-corrected chi connectivity index (χ3v) is 5.90. The van der Waals surface area contributed by atoms with Crippen LogP contribution < -0.4 is 4.74 Å². The molecule has 8 heteroatoms. The van der Waals surface area contributed by atoms with Gasteiger partial charge in [-0.15, -0.1) is 10.2 Å². The van der Waals surface area contributed by atoms with E-state index in [1.165, 1.54) is 11.8 Å². The Morgan fingerprint density at radius 2 is 1.83 bits per heavy atom. The summed E-state index contributed by atoms with van der Waals surface area (Å²) < 4.78 is 7.58. The Kier molecular flexibility index (Phi) is 7.76. The summed E-state index contributed by atoms with van der Waals surface area (Å²) in [6, 6.07) is 17.4. The molecule has 1 aromatic heterocycles. The zero-order chi connectivity index (χ0) is 21.5. The predicted molar refractivity (Wildman–Crippen MR) is 120 cm³/mol. The van der Waals surface area contributed by atoms with Crippen molar-refractivity contribution >= 4 is 29.3 Å². The van der Waals surface area contributed by atoms with E-state index in [-0.39, 0.29) is 18.6 Å². The second kappa shape index (κ2) is 10.5. The molecule has 0 fully saturated rings. The van der Waals surface area contributed by atoms with Crippen LogP contribution in [0.1, 0.15) is 25.2 Å². The second-order valence-corrected chi connectivity index (χ2v) is 8.42. The zero-order valence-corrected chi connectivity index (χ0v) is 18.9. The zero-order valence-electron chi connectivity index (χ0n) is 17.3. The molecule has 0 N–H and O–H groups in total. The van der Waals surface area contributed by atoms with Crippen molar-refractivity contribution in [1.29, 1.82) is 0 Å². The number of hydrogen-bond donors (Lipinski definition) is 0. The Bertz CT molecular complexity index is 978. The van der Waals surface area contributed by atoms with Crippen molar-refractivity contribution in [2.45, 2.75) is 38.2 Å². The minimum Gasteiger partial charge on any atom is -0.484 e. The van der Waals surface area contributed by atoms with Crippen LogP contribution in [-0.4, -0.2) is 37.4 Å². The van der Waals surface area contributed by atoms with E-state index in [4.69, 9.17) is 16.3 Å². The Balaban J connectivity index is 1.58. The number of carbonyl (C=O) groups excluding carboxylic acids is 1. The molecular formula is C22H25ClN4O2S. The van der Waals surface area contributed by atoms with Gasteiger partial charge in [-0.2, -0.15) is 0 Å². The number of carbonyl (C=O) groups is 1. The summed E-state index contributed by atoms with van der Waals surface area (Å²) in [5, 5.41) is 9.61. The standard InChI is InChI=1S/C22H25ClN4O2S/c1-16(2)27(13-17-9-5-4-6-10-17)21(28)15-30-22-25-24-20(26(22)3)14-29-19-12-8-7-11-18(19)23/h4-12,16H,13-15H2,1-3H3. The molecule has 0 aliphatic rings. The summed E-state index contributed by atoms with van der Waals surface area (Å²) >= 11 is 7.49. The summed E-state index contributed by atoms with van der Waals surface area (Å²) in [7, 11) is 1.86.